The molecule has 44 heavy (non-hydrogen) atoms. The predicted molar refractivity (Wildman–Crippen MR) is 171 cm³/mol. The van der Waals surface area contributed by atoms with E-state index >= 15 is 0 Å². The van der Waals surface area contributed by atoms with Crippen molar-refractivity contribution in [3.8, 4) is 11.5 Å². The van der Waals surface area contributed by atoms with Crippen molar-refractivity contribution < 1.29 is 27.5 Å². The van der Waals surface area contributed by atoms with Gasteiger partial charge in [0.05, 0.1) is 24.8 Å². The molecule has 0 aromatic heterocycles. The molecule has 9 nitrogen and oxygen atoms in total. The number of benzene rings is 3. The van der Waals surface area contributed by atoms with Crippen LogP contribution in [0, 0.1) is 6.92 Å². The van der Waals surface area contributed by atoms with E-state index in [9.17, 15) is 18.0 Å². The zero-order valence-electron chi connectivity index (χ0n) is 26.0. The van der Waals surface area contributed by atoms with E-state index in [1.165, 1.54) is 37.3 Å². The topological polar surface area (TPSA) is 105 Å². The fourth-order valence-electron chi connectivity index (χ4n) is 5.58. The first kappa shape index (κ1) is 32.9. The summed E-state index contributed by atoms with van der Waals surface area (Å²) < 4.78 is 40.0. The first-order chi connectivity index (χ1) is 21.2. The highest BCUT2D eigenvalue weighted by Gasteiger charge is 2.34. The van der Waals surface area contributed by atoms with Crippen LogP contribution in [0.25, 0.3) is 0 Å². The summed E-state index contributed by atoms with van der Waals surface area (Å²) in [6.45, 7) is 3.48. The highest BCUT2D eigenvalue weighted by atomic mass is 32.2. The number of nitrogens with zero attached hydrogens (tertiary/aromatic N) is 2. The lowest BCUT2D eigenvalue weighted by atomic mass is 9.95. The molecule has 10 heteroatoms. The van der Waals surface area contributed by atoms with E-state index in [4.69, 9.17) is 9.47 Å². The molecule has 2 amide bonds. The van der Waals surface area contributed by atoms with Crippen molar-refractivity contribution in [1.29, 1.82) is 0 Å². The molecule has 1 aliphatic carbocycles. The van der Waals surface area contributed by atoms with E-state index < -0.39 is 28.5 Å². The molecule has 3 aromatic rings. The zero-order valence-corrected chi connectivity index (χ0v) is 26.8. The second-order valence-electron chi connectivity index (χ2n) is 11.1. The van der Waals surface area contributed by atoms with Crippen molar-refractivity contribution in [2.45, 2.75) is 75.9 Å². The summed E-state index contributed by atoms with van der Waals surface area (Å²) in [7, 11) is -1.24. The molecule has 0 unspecified atom stereocenters. The number of hydrogen-bond acceptors (Lipinski definition) is 6. The van der Waals surface area contributed by atoms with Gasteiger partial charge in [0.1, 0.15) is 12.6 Å². The number of methoxy groups -OCH3 is 2. The van der Waals surface area contributed by atoms with Gasteiger partial charge in [0, 0.05) is 18.7 Å². The summed E-state index contributed by atoms with van der Waals surface area (Å²) in [6, 6.07) is 19.7. The zero-order chi connectivity index (χ0) is 31.7. The lowest BCUT2D eigenvalue weighted by molar-refractivity contribution is -0.140. The van der Waals surface area contributed by atoms with Crippen molar-refractivity contribution in [3.63, 3.8) is 0 Å². The van der Waals surface area contributed by atoms with Crippen molar-refractivity contribution in [2.75, 3.05) is 25.1 Å². The quantitative estimate of drug-likeness (QED) is 0.272. The maximum absolute atomic E-state index is 14.3. The van der Waals surface area contributed by atoms with E-state index in [0.717, 1.165) is 47.5 Å². The second kappa shape index (κ2) is 15.1. The van der Waals surface area contributed by atoms with Gasteiger partial charge in [-0.25, -0.2) is 8.42 Å². The lowest BCUT2D eigenvalue weighted by Crippen LogP contribution is -2.54. The minimum Gasteiger partial charge on any atom is -0.493 e. The number of aryl methyl sites for hydroxylation is 1. The largest absolute Gasteiger partial charge is 0.493 e. The van der Waals surface area contributed by atoms with Crippen LogP contribution < -0.4 is 19.1 Å². The summed E-state index contributed by atoms with van der Waals surface area (Å²) in [5, 5.41) is 3.17. The third kappa shape index (κ3) is 7.91. The maximum Gasteiger partial charge on any atom is 0.264 e. The van der Waals surface area contributed by atoms with Crippen LogP contribution in [0.3, 0.4) is 0 Å². The van der Waals surface area contributed by atoms with E-state index in [1.54, 1.807) is 30.3 Å². The van der Waals surface area contributed by atoms with Crippen molar-refractivity contribution >= 4 is 27.5 Å². The molecule has 1 N–H and O–H groups in total. The number of hydrogen-bond donors (Lipinski definition) is 1. The third-order valence-electron chi connectivity index (χ3n) is 8.08. The van der Waals surface area contributed by atoms with Crippen LogP contribution in [-0.4, -0.2) is 58.0 Å². The van der Waals surface area contributed by atoms with Crippen molar-refractivity contribution in [2.24, 2.45) is 0 Å². The Kier molecular flexibility index (Phi) is 11.3. The molecule has 1 fully saturated rings. The standard InChI is InChI=1S/C34H43N3O6S/c1-5-30(34(39)35-27-12-8-6-9-13-27)36(23-26-18-16-25(2)17-19-26)33(38)24-37(44(40,41)29-14-10-7-11-15-29)28-20-21-31(42-3)32(22-28)43-4/h7,10-11,14-22,27,30H,5-6,8-9,12-13,23-24H2,1-4H3,(H,35,39)/t30-/m0/s1. The molecule has 0 bridgehead atoms. The number of carbonyl (C=O) groups excluding carboxylic acids is 2. The molecule has 1 aliphatic rings. The molecule has 0 aliphatic heterocycles. The van der Waals surface area contributed by atoms with Gasteiger partial charge in [0.25, 0.3) is 10.0 Å². The normalized spacial score (nSPS) is 14.4. The van der Waals surface area contributed by atoms with Gasteiger partial charge in [-0.15, -0.1) is 0 Å². The first-order valence-electron chi connectivity index (χ1n) is 15.1. The molecular weight excluding hydrogens is 578 g/mol. The van der Waals surface area contributed by atoms with Crippen molar-refractivity contribution in [3.05, 3.63) is 83.9 Å². The Morgan fingerprint density at radius 1 is 0.909 bits per heavy atom. The maximum atomic E-state index is 14.3. The van der Waals surface area contributed by atoms with Crippen molar-refractivity contribution in [1.82, 2.24) is 10.2 Å². The number of carbonyl (C=O) groups is 2. The van der Waals surface area contributed by atoms with Crippen LogP contribution in [0.5, 0.6) is 11.5 Å². The molecule has 1 saturated carbocycles. The number of sulfonamides is 1. The minimum absolute atomic E-state index is 0.0368. The summed E-state index contributed by atoms with van der Waals surface area (Å²) >= 11 is 0. The highest BCUT2D eigenvalue weighted by Crippen LogP contribution is 2.34. The number of amides is 2. The molecule has 0 spiro atoms. The Bertz CT molecular complexity index is 1510. The summed E-state index contributed by atoms with van der Waals surface area (Å²) in [5.41, 5.74) is 2.15. The Morgan fingerprint density at radius 3 is 2.18 bits per heavy atom. The van der Waals surface area contributed by atoms with Gasteiger partial charge < -0.3 is 19.7 Å². The van der Waals surface area contributed by atoms with Gasteiger partial charge in [-0.05, 0) is 56.0 Å². The molecule has 3 aromatic carbocycles. The number of nitrogens with one attached hydrogen (secondary N) is 1. The average Bonchev–Trinajstić information content (AvgIpc) is 3.04. The summed E-state index contributed by atoms with van der Waals surface area (Å²) in [6.07, 6.45) is 5.48. The van der Waals surface area contributed by atoms with Gasteiger partial charge in [-0.3, -0.25) is 13.9 Å². The Balaban J connectivity index is 1.73. The van der Waals surface area contributed by atoms with Crippen LogP contribution in [0.4, 0.5) is 5.69 Å². The molecule has 4 rings (SSSR count). The van der Waals surface area contributed by atoms with Crippen LogP contribution >= 0.6 is 0 Å². The molecule has 236 valence electrons. The highest BCUT2D eigenvalue weighted by molar-refractivity contribution is 7.92. The van der Waals surface area contributed by atoms with Gasteiger partial charge >= 0.3 is 0 Å². The lowest BCUT2D eigenvalue weighted by Gasteiger charge is -2.34. The Labute approximate surface area is 261 Å². The fourth-order valence-corrected chi connectivity index (χ4v) is 7.01. The monoisotopic (exact) mass is 621 g/mol. The first-order valence-corrected chi connectivity index (χ1v) is 16.6. The third-order valence-corrected chi connectivity index (χ3v) is 9.86. The average molecular weight is 622 g/mol. The number of rotatable bonds is 13. The van der Waals surface area contributed by atoms with Crippen LogP contribution in [-0.2, 0) is 26.2 Å². The number of anilines is 1. The summed E-state index contributed by atoms with van der Waals surface area (Å²) in [5.74, 6) is 0.0283. The van der Waals surface area contributed by atoms with Gasteiger partial charge in [0.2, 0.25) is 11.8 Å². The van der Waals surface area contributed by atoms with Crippen LogP contribution in [0.1, 0.15) is 56.6 Å². The smallest absolute Gasteiger partial charge is 0.264 e. The van der Waals surface area contributed by atoms with Crippen LogP contribution in [0.15, 0.2) is 77.7 Å². The van der Waals surface area contributed by atoms with E-state index in [-0.39, 0.29) is 29.1 Å². The molecule has 0 radical (unpaired) electrons. The fraction of sp³-hybridized carbons (Fsp3) is 0.412. The van der Waals surface area contributed by atoms with Gasteiger partial charge in [0.15, 0.2) is 11.5 Å². The molecule has 0 heterocycles. The molecule has 0 saturated heterocycles. The van der Waals surface area contributed by atoms with E-state index in [2.05, 4.69) is 5.32 Å². The summed E-state index contributed by atoms with van der Waals surface area (Å²) in [4.78, 5) is 29.6. The minimum atomic E-state index is -4.19. The second-order valence-corrected chi connectivity index (χ2v) is 13.0. The van der Waals surface area contributed by atoms with Gasteiger partial charge in [-0.1, -0.05) is 74.2 Å². The van der Waals surface area contributed by atoms with Crippen LogP contribution in [0.2, 0.25) is 0 Å². The van der Waals surface area contributed by atoms with E-state index in [0.29, 0.717) is 17.9 Å². The Morgan fingerprint density at radius 2 is 1.57 bits per heavy atom. The Hall–Kier alpha value is -4.05. The van der Waals surface area contributed by atoms with Gasteiger partial charge in [-0.2, -0.15) is 0 Å². The molecule has 1 atom stereocenters. The molecular formula is C34H43N3O6S. The SMILES string of the molecule is CC[C@@H](C(=O)NC1CCCCC1)N(Cc1ccc(C)cc1)C(=O)CN(c1ccc(OC)c(OC)c1)S(=O)(=O)c1ccccc1. The van der Waals surface area contributed by atoms with E-state index in [1.807, 2.05) is 38.1 Å². The number of ether oxygens (including phenoxy) is 2. The predicted octanol–water partition coefficient (Wildman–Crippen LogP) is 5.46.